The molecule has 0 bridgehead atoms. The minimum absolute atomic E-state index is 0.0503. The van der Waals surface area contributed by atoms with E-state index in [1.807, 2.05) is 7.05 Å². The van der Waals surface area contributed by atoms with Crippen molar-refractivity contribution in [3.05, 3.63) is 22.3 Å². The molecule has 0 spiro atoms. The van der Waals surface area contributed by atoms with Gasteiger partial charge in [0.15, 0.2) is 0 Å². The van der Waals surface area contributed by atoms with Gasteiger partial charge in [0.25, 0.3) is 0 Å². The molecule has 1 saturated carbocycles. The molecule has 1 aliphatic carbocycles. The zero-order valence-corrected chi connectivity index (χ0v) is 12.7. The summed E-state index contributed by atoms with van der Waals surface area (Å²) in [6, 6.07) is 1.58. The van der Waals surface area contributed by atoms with E-state index in [9.17, 15) is 13.2 Å². The third-order valence-corrected chi connectivity index (χ3v) is 4.07. The molecule has 20 heavy (non-hydrogen) atoms. The molecule has 1 aromatic heterocycles. The van der Waals surface area contributed by atoms with Gasteiger partial charge in [0.2, 0.25) is 0 Å². The highest BCUT2D eigenvalue weighted by Crippen LogP contribution is 2.36. The Morgan fingerprint density at radius 1 is 1.20 bits per heavy atom. The Kier molecular flexibility index (Phi) is 4.90. The number of nitrogens with zero attached hydrogens (tertiary/aromatic N) is 1. The summed E-state index contributed by atoms with van der Waals surface area (Å²) in [4.78, 5) is 3.88. The Morgan fingerprint density at radius 2 is 1.80 bits per heavy atom. The van der Waals surface area contributed by atoms with Crippen LogP contribution in [-0.2, 0) is 6.18 Å². The number of pyridine rings is 1. The first kappa shape index (κ1) is 15.6. The molecule has 7 heteroatoms. The molecule has 0 aliphatic heterocycles. The van der Waals surface area contributed by atoms with E-state index in [0.29, 0.717) is 10.5 Å². The Labute approximate surface area is 124 Å². The highest BCUT2D eigenvalue weighted by Gasteiger charge is 2.35. The van der Waals surface area contributed by atoms with E-state index >= 15 is 0 Å². The minimum Gasteiger partial charge on any atom is -0.367 e. The van der Waals surface area contributed by atoms with Crippen molar-refractivity contribution < 1.29 is 13.2 Å². The van der Waals surface area contributed by atoms with Gasteiger partial charge in [0, 0.05) is 22.8 Å². The van der Waals surface area contributed by atoms with E-state index < -0.39 is 11.7 Å². The minimum atomic E-state index is -4.40. The predicted molar refractivity (Wildman–Crippen MR) is 75.7 cm³/mol. The summed E-state index contributed by atoms with van der Waals surface area (Å²) in [7, 11) is 1.91. The van der Waals surface area contributed by atoms with E-state index in [1.54, 1.807) is 0 Å². The molecule has 112 valence electrons. The highest BCUT2D eigenvalue weighted by molar-refractivity contribution is 9.10. The SMILES string of the molecule is CNC1CCC(Nc2ncc(Br)cc2C(F)(F)F)CC1. The fraction of sp³-hybridized carbons (Fsp3) is 0.615. The molecule has 0 radical (unpaired) electrons. The first-order valence-corrected chi connectivity index (χ1v) is 7.36. The number of rotatable bonds is 3. The van der Waals surface area contributed by atoms with Crippen LogP contribution in [-0.4, -0.2) is 24.1 Å². The van der Waals surface area contributed by atoms with Crippen LogP contribution in [0.5, 0.6) is 0 Å². The third-order valence-electron chi connectivity index (χ3n) is 3.64. The normalized spacial score (nSPS) is 23.6. The van der Waals surface area contributed by atoms with Gasteiger partial charge < -0.3 is 10.6 Å². The highest BCUT2D eigenvalue weighted by atomic mass is 79.9. The van der Waals surface area contributed by atoms with Crippen LogP contribution in [0.3, 0.4) is 0 Å². The molecule has 0 unspecified atom stereocenters. The molecule has 1 aromatic rings. The van der Waals surface area contributed by atoms with Crippen molar-refractivity contribution in [2.45, 2.75) is 43.9 Å². The van der Waals surface area contributed by atoms with Gasteiger partial charge in [0.1, 0.15) is 5.82 Å². The second-order valence-electron chi connectivity index (χ2n) is 5.03. The van der Waals surface area contributed by atoms with Gasteiger partial charge >= 0.3 is 6.18 Å². The van der Waals surface area contributed by atoms with Crippen molar-refractivity contribution in [2.75, 3.05) is 12.4 Å². The quantitative estimate of drug-likeness (QED) is 0.869. The number of nitrogens with one attached hydrogen (secondary N) is 2. The zero-order chi connectivity index (χ0) is 14.8. The molecular weight excluding hydrogens is 335 g/mol. The third kappa shape index (κ3) is 3.85. The van der Waals surface area contributed by atoms with Crippen molar-refractivity contribution in [2.24, 2.45) is 0 Å². The van der Waals surface area contributed by atoms with Crippen LogP contribution in [0.25, 0.3) is 0 Å². The lowest BCUT2D eigenvalue weighted by molar-refractivity contribution is -0.137. The van der Waals surface area contributed by atoms with Gasteiger partial charge in [-0.05, 0) is 54.7 Å². The molecule has 3 nitrogen and oxygen atoms in total. The van der Waals surface area contributed by atoms with Crippen LogP contribution in [0.4, 0.5) is 19.0 Å². The van der Waals surface area contributed by atoms with E-state index in [0.717, 1.165) is 31.7 Å². The number of anilines is 1. The van der Waals surface area contributed by atoms with Crippen LogP contribution in [0.2, 0.25) is 0 Å². The number of hydrogen-bond donors (Lipinski definition) is 2. The van der Waals surface area contributed by atoms with Crippen LogP contribution < -0.4 is 10.6 Å². The van der Waals surface area contributed by atoms with Gasteiger partial charge in [-0.25, -0.2) is 4.98 Å². The smallest absolute Gasteiger partial charge is 0.367 e. The first-order chi connectivity index (χ1) is 9.40. The molecule has 1 aliphatic rings. The number of hydrogen-bond acceptors (Lipinski definition) is 3. The fourth-order valence-electron chi connectivity index (χ4n) is 2.49. The van der Waals surface area contributed by atoms with Crippen LogP contribution in [0, 0.1) is 0 Å². The molecule has 0 amide bonds. The molecule has 0 saturated heterocycles. The van der Waals surface area contributed by atoms with E-state index in [2.05, 4.69) is 31.5 Å². The lowest BCUT2D eigenvalue weighted by Crippen LogP contribution is -2.35. The van der Waals surface area contributed by atoms with E-state index in [1.165, 1.54) is 6.20 Å². The summed E-state index contributed by atoms with van der Waals surface area (Å²) in [5.74, 6) is -0.0754. The maximum Gasteiger partial charge on any atom is 0.419 e. The molecular formula is C13H17BrF3N3. The number of halogens is 4. The monoisotopic (exact) mass is 351 g/mol. The molecule has 1 fully saturated rings. The maximum atomic E-state index is 13.0. The Balaban J connectivity index is 2.10. The lowest BCUT2D eigenvalue weighted by atomic mass is 9.91. The molecule has 2 N–H and O–H groups in total. The predicted octanol–water partition coefficient (Wildman–Crippen LogP) is 3.81. The summed E-state index contributed by atoms with van der Waals surface area (Å²) in [6.45, 7) is 0. The second-order valence-corrected chi connectivity index (χ2v) is 5.94. The van der Waals surface area contributed by atoms with E-state index in [-0.39, 0.29) is 11.9 Å². The number of aromatic nitrogens is 1. The standard InChI is InChI=1S/C13H17BrF3N3/c1-18-9-2-4-10(5-3-9)20-12-11(13(15,16)17)6-8(14)7-19-12/h6-7,9-10,18H,2-5H2,1H3,(H,19,20). The Bertz CT molecular complexity index is 457. The van der Waals surface area contributed by atoms with Crippen molar-refractivity contribution in [1.29, 1.82) is 0 Å². The van der Waals surface area contributed by atoms with Crippen molar-refractivity contribution in [3.8, 4) is 0 Å². The van der Waals surface area contributed by atoms with Crippen molar-refractivity contribution in [1.82, 2.24) is 10.3 Å². The zero-order valence-electron chi connectivity index (χ0n) is 11.1. The summed E-state index contributed by atoms with van der Waals surface area (Å²) >= 11 is 3.03. The summed E-state index contributed by atoms with van der Waals surface area (Å²) < 4.78 is 39.3. The van der Waals surface area contributed by atoms with Crippen LogP contribution in [0.15, 0.2) is 16.7 Å². The summed E-state index contributed by atoms with van der Waals surface area (Å²) in [5, 5.41) is 6.15. The van der Waals surface area contributed by atoms with Crippen molar-refractivity contribution >= 4 is 21.7 Å². The molecule has 0 atom stereocenters. The number of alkyl halides is 3. The second kappa shape index (κ2) is 6.30. The average Bonchev–Trinajstić information content (AvgIpc) is 2.40. The largest absolute Gasteiger partial charge is 0.419 e. The molecule has 0 aromatic carbocycles. The Morgan fingerprint density at radius 3 is 2.35 bits per heavy atom. The topological polar surface area (TPSA) is 37.0 Å². The first-order valence-electron chi connectivity index (χ1n) is 6.56. The van der Waals surface area contributed by atoms with Crippen LogP contribution in [0.1, 0.15) is 31.2 Å². The van der Waals surface area contributed by atoms with Gasteiger partial charge in [-0.3, -0.25) is 0 Å². The van der Waals surface area contributed by atoms with Gasteiger partial charge in [-0.15, -0.1) is 0 Å². The van der Waals surface area contributed by atoms with Crippen LogP contribution >= 0.6 is 15.9 Å². The van der Waals surface area contributed by atoms with E-state index in [4.69, 9.17) is 0 Å². The maximum absolute atomic E-state index is 13.0. The average molecular weight is 352 g/mol. The summed E-state index contributed by atoms with van der Waals surface area (Å²) in [5.41, 5.74) is -0.720. The summed E-state index contributed by atoms with van der Waals surface area (Å²) in [6.07, 6.45) is 0.608. The fourth-order valence-corrected chi connectivity index (χ4v) is 2.82. The Hall–Kier alpha value is -0.820. The lowest BCUT2D eigenvalue weighted by Gasteiger charge is -2.29. The van der Waals surface area contributed by atoms with Gasteiger partial charge in [-0.1, -0.05) is 0 Å². The van der Waals surface area contributed by atoms with Crippen molar-refractivity contribution in [3.63, 3.8) is 0 Å². The van der Waals surface area contributed by atoms with Gasteiger partial charge in [-0.2, -0.15) is 13.2 Å². The molecule has 1 heterocycles. The van der Waals surface area contributed by atoms with Gasteiger partial charge in [0.05, 0.1) is 5.56 Å². The molecule has 2 rings (SSSR count).